The van der Waals surface area contributed by atoms with E-state index in [9.17, 15) is 24.3 Å². The molecule has 0 saturated carbocycles. The molecule has 2 aromatic rings. The van der Waals surface area contributed by atoms with Crippen molar-refractivity contribution in [3.63, 3.8) is 0 Å². The van der Waals surface area contributed by atoms with Crippen LogP contribution in [-0.4, -0.2) is 63.7 Å². The van der Waals surface area contributed by atoms with Crippen LogP contribution >= 0.6 is 0 Å². The summed E-state index contributed by atoms with van der Waals surface area (Å²) >= 11 is 0. The van der Waals surface area contributed by atoms with Crippen LogP contribution in [-0.2, 0) is 30.3 Å². The highest BCUT2D eigenvalue weighted by Crippen LogP contribution is 2.28. The van der Waals surface area contributed by atoms with E-state index in [4.69, 9.17) is 9.47 Å². The van der Waals surface area contributed by atoms with Crippen molar-refractivity contribution in [2.45, 2.75) is 137 Å². The van der Waals surface area contributed by atoms with E-state index in [1.54, 1.807) is 53.7 Å². The lowest BCUT2D eigenvalue weighted by molar-refractivity contribution is -0.159. The minimum absolute atomic E-state index is 0.0810. The van der Waals surface area contributed by atoms with Crippen LogP contribution in [0.1, 0.15) is 118 Å². The van der Waals surface area contributed by atoms with Crippen molar-refractivity contribution in [2.75, 3.05) is 6.54 Å². The Morgan fingerprint density at radius 2 is 1.41 bits per heavy atom. The lowest BCUT2D eigenvalue weighted by Gasteiger charge is -2.36. The van der Waals surface area contributed by atoms with Gasteiger partial charge in [0.15, 0.2) is 0 Å². The molecule has 0 saturated heterocycles. The number of benzene rings is 2. The number of aromatic hydroxyl groups is 1. The Morgan fingerprint density at radius 1 is 0.796 bits per heavy atom. The van der Waals surface area contributed by atoms with Crippen LogP contribution in [0.5, 0.6) is 5.75 Å². The van der Waals surface area contributed by atoms with Crippen LogP contribution in [0.3, 0.4) is 0 Å². The van der Waals surface area contributed by atoms with Gasteiger partial charge in [-0.25, -0.2) is 9.59 Å². The number of esters is 1. The first kappa shape index (κ1) is 41.1. The average molecular weight is 682 g/mol. The van der Waals surface area contributed by atoms with Crippen molar-refractivity contribution in [3.05, 3.63) is 65.7 Å². The maximum atomic E-state index is 14.6. The van der Waals surface area contributed by atoms with Crippen LogP contribution in [0, 0.1) is 5.92 Å². The Morgan fingerprint density at radius 3 is 1.98 bits per heavy atom. The van der Waals surface area contributed by atoms with Gasteiger partial charge in [-0.15, -0.1) is 0 Å². The van der Waals surface area contributed by atoms with Crippen molar-refractivity contribution in [3.8, 4) is 5.75 Å². The van der Waals surface area contributed by atoms with Gasteiger partial charge in [0.2, 0.25) is 11.8 Å². The molecule has 0 radical (unpaired) electrons. The maximum absolute atomic E-state index is 14.6. The van der Waals surface area contributed by atoms with Gasteiger partial charge in [0.1, 0.15) is 35.1 Å². The smallest absolute Gasteiger partial charge is 0.408 e. The first-order chi connectivity index (χ1) is 22.9. The number of ether oxygens (including phenoxy) is 2. The number of unbranched alkanes of at least 4 members (excludes halogenated alkanes) is 5. The van der Waals surface area contributed by atoms with E-state index in [2.05, 4.69) is 17.6 Å². The number of carbonyl (C=O) groups excluding carboxylic acids is 4. The Balaban J connectivity index is 2.60. The topological polar surface area (TPSA) is 134 Å². The molecule has 2 aromatic carbocycles. The summed E-state index contributed by atoms with van der Waals surface area (Å²) in [6.45, 7) is 16.5. The average Bonchev–Trinajstić information content (AvgIpc) is 2.99. The standard InChI is InChI=1S/C39H59N3O7/c1-10-11-12-13-14-18-24-42(35(45)32(27(2)3)41-37(47)49-39(7,8)9)33(29-22-19-23-30(43)26-29)34(44)40-31(36(46)48-38(4,5)6)25-28-20-16-15-17-21-28/h15-17,19-23,26-27,31-33,43H,10-14,18,24-25H2,1-9H3,(H,40,44)(H,41,47). The molecule has 3 amide bonds. The van der Waals surface area contributed by atoms with Gasteiger partial charge in [0.05, 0.1) is 0 Å². The molecule has 272 valence electrons. The third-order valence-electron chi connectivity index (χ3n) is 7.68. The maximum Gasteiger partial charge on any atom is 0.408 e. The molecule has 0 fully saturated rings. The predicted molar refractivity (Wildman–Crippen MR) is 192 cm³/mol. The van der Waals surface area contributed by atoms with Gasteiger partial charge < -0.3 is 30.1 Å². The molecule has 0 aliphatic carbocycles. The van der Waals surface area contributed by atoms with E-state index in [0.29, 0.717) is 12.0 Å². The summed E-state index contributed by atoms with van der Waals surface area (Å²) < 4.78 is 11.2. The van der Waals surface area contributed by atoms with E-state index in [1.807, 2.05) is 44.2 Å². The third kappa shape index (κ3) is 14.9. The molecule has 3 unspecified atom stereocenters. The Hall–Kier alpha value is -4.08. The first-order valence-corrected chi connectivity index (χ1v) is 17.6. The molecule has 0 aliphatic heterocycles. The van der Waals surface area contributed by atoms with Crippen molar-refractivity contribution in [1.29, 1.82) is 0 Å². The molecule has 0 spiro atoms. The van der Waals surface area contributed by atoms with Gasteiger partial charge in [-0.3, -0.25) is 9.59 Å². The zero-order valence-electron chi connectivity index (χ0n) is 31.0. The second kappa shape index (κ2) is 19.2. The van der Waals surface area contributed by atoms with Crippen molar-refractivity contribution < 1.29 is 33.8 Å². The van der Waals surface area contributed by atoms with Gasteiger partial charge in [0, 0.05) is 13.0 Å². The lowest BCUT2D eigenvalue weighted by Crippen LogP contribution is -2.56. The van der Waals surface area contributed by atoms with Gasteiger partial charge in [-0.05, 0) is 77.1 Å². The number of phenols is 1. The van der Waals surface area contributed by atoms with Crippen LogP contribution in [0.2, 0.25) is 0 Å². The van der Waals surface area contributed by atoms with Crippen molar-refractivity contribution in [1.82, 2.24) is 15.5 Å². The van der Waals surface area contributed by atoms with Gasteiger partial charge in [-0.2, -0.15) is 0 Å². The number of amides is 3. The molecule has 10 nitrogen and oxygen atoms in total. The highest BCUT2D eigenvalue weighted by molar-refractivity contribution is 5.94. The molecule has 3 atom stereocenters. The molecule has 2 rings (SSSR count). The highest BCUT2D eigenvalue weighted by Gasteiger charge is 2.39. The van der Waals surface area contributed by atoms with E-state index in [1.165, 1.54) is 17.0 Å². The minimum Gasteiger partial charge on any atom is -0.508 e. The van der Waals surface area contributed by atoms with E-state index < -0.39 is 53.2 Å². The fourth-order valence-corrected chi connectivity index (χ4v) is 5.39. The molecule has 0 bridgehead atoms. The number of alkyl carbamates (subject to hydrolysis) is 1. The number of nitrogens with one attached hydrogen (secondary N) is 2. The van der Waals surface area contributed by atoms with E-state index >= 15 is 0 Å². The number of rotatable bonds is 17. The Kier molecular flexibility index (Phi) is 16.1. The van der Waals surface area contributed by atoms with E-state index in [-0.39, 0.29) is 24.6 Å². The number of nitrogens with zero attached hydrogens (tertiary/aromatic N) is 1. The predicted octanol–water partition coefficient (Wildman–Crippen LogP) is 7.24. The molecule has 49 heavy (non-hydrogen) atoms. The molecule has 10 heteroatoms. The summed E-state index contributed by atoms with van der Waals surface area (Å²) in [5, 5.41) is 16.1. The summed E-state index contributed by atoms with van der Waals surface area (Å²) in [6, 6.07) is 12.2. The van der Waals surface area contributed by atoms with Crippen LogP contribution in [0.25, 0.3) is 0 Å². The summed E-state index contributed by atoms with van der Waals surface area (Å²) in [4.78, 5) is 57.0. The van der Waals surface area contributed by atoms with Gasteiger partial charge in [0.25, 0.3) is 0 Å². The largest absolute Gasteiger partial charge is 0.508 e. The van der Waals surface area contributed by atoms with E-state index in [0.717, 1.165) is 37.7 Å². The van der Waals surface area contributed by atoms with Crippen LogP contribution in [0.4, 0.5) is 4.79 Å². The lowest BCUT2D eigenvalue weighted by atomic mass is 9.97. The zero-order valence-corrected chi connectivity index (χ0v) is 31.0. The number of hydrogen-bond donors (Lipinski definition) is 3. The summed E-state index contributed by atoms with van der Waals surface area (Å²) in [6.07, 6.45) is 5.10. The molecule has 0 heterocycles. The summed E-state index contributed by atoms with van der Waals surface area (Å²) in [7, 11) is 0. The number of phenolic OH excluding ortho intramolecular Hbond substituents is 1. The second-order valence-electron chi connectivity index (χ2n) is 14.9. The first-order valence-electron chi connectivity index (χ1n) is 17.6. The molecular formula is C39H59N3O7. The van der Waals surface area contributed by atoms with Crippen LogP contribution < -0.4 is 10.6 Å². The normalized spacial score (nSPS) is 13.6. The second-order valence-corrected chi connectivity index (χ2v) is 14.9. The number of carbonyl (C=O) groups is 4. The number of hydrogen-bond acceptors (Lipinski definition) is 7. The Labute approximate surface area is 293 Å². The van der Waals surface area contributed by atoms with Gasteiger partial charge in [-0.1, -0.05) is 95.3 Å². The van der Waals surface area contributed by atoms with Gasteiger partial charge >= 0.3 is 12.1 Å². The van der Waals surface area contributed by atoms with Crippen molar-refractivity contribution in [2.24, 2.45) is 5.92 Å². The molecule has 0 aromatic heterocycles. The SMILES string of the molecule is CCCCCCCCN(C(=O)C(NC(=O)OC(C)(C)C)C(C)C)C(C(=O)NC(Cc1ccccc1)C(=O)OC(C)(C)C)c1cccc(O)c1. The molecule has 3 N–H and O–H groups in total. The molecule has 0 aliphatic rings. The fraction of sp³-hybridized carbons (Fsp3) is 0.590. The Bertz CT molecular complexity index is 1350. The highest BCUT2D eigenvalue weighted by atomic mass is 16.6. The third-order valence-corrected chi connectivity index (χ3v) is 7.68. The zero-order chi connectivity index (χ0) is 36.8. The molecular weight excluding hydrogens is 622 g/mol. The quantitative estimate of drug-likeness (QED) is 0.118. The minimum atomic E-state index is -1.24. The fourth-order valence-electron chi connectivity index (χ4n) is 5.39. The monoisotopic (exact) mass is 681 g/mol. The van der Waals surface area contributed by atoms with Crippen LogP contribution in [0.15, 0.2) is 54.6 Å². The summed E-state index contributed by atoms with van der Waals surface area (Å²) in [5.41, 5.74) is -0.418. The summed E-state index contributed by atoms with van der Waals surface area (Å²) in [5.74, 6) is -2.14. The van der Waals surface area contributed by atoms with Crippen molar-refractivity contribution >= 4 is 23.9 Å².